The van der Waals surface area contributed by atoms with Crippen LogP contribution in [0.4, 0.5) is 5.69 Å². The summed E-state index contributed by atoms with van der Waals surface area (Å²) < 4.78 is 4.76. The number of aromatic hydroxyl groups is 1. The van der Waals surface area contributed by atoms with Gasteiger partial charge in [-0.05, 0) is 18.2 Å². The molecule has 3 rings (SSSR count). The van der Waals surface area contributed by atoms with Crippen LogP contribution in [0.5, 0.6) is 5.88 Å². The van der Waals surface area contributed by atoms with Gasteiger partial charge < -0.3 is 9.52 Å². The molecule has 2 aromatic rings. The number of hydrogen-bond acceptors (Lipinski definition) is 5. The van der Waals surface area contributed by atoms with E-state index < -0.39 is 5.76 Å². The number of pyridine rings is 1. The van der Waals surface area contributed by atoms with Crippen LogP contribution < -0.4 is 5.76 Å². The summed E-state index contributed by atoms with van der Waals surface area (Å²) >= 11 is 0. The fourth-order valence-corrected chi connectivity index (χ4v) is 1.60. The first kappa shape index (κ1) is 9.59. The van der Waals surface area contributed by atoms with Crippen LogP contribution in [0.2, 0.25) is 0 Å². The minimum absolute atomic E-state index is 0.0648. The van der Waals surface area contributed by atoms with Crippen molar-refractivity contribution in [3.63, 3.8) is 0 Å². The lowest BCUT2D eigenvalue weighted by Gasteiger charge is -1.96. The third kappa shape index (κ3) is 1.55. The largest absolute Gasteiger partial charge is 0.492 e. The molecule has 0 atom stereocenters. The molecule has 0 saturated heterocycles. The first-order valence-corrected chi connectivity index (χ1v) is 4.87. The Hall–Kier alpha value is -2.63. The summed E-state index contributed by atoms with van der Waals surface area (Å²) in [6, 6.07) is 3.61. The van der Waals surface area contributed by atoms with Crippen molar-refractivity contribution >= 4 is 23.6 Å². The van der Waals surface area contributed by atoms with Crippen LogP contribution in [0.25, 0.3) is 11.6 Å². The van der Waals surface area contributed by atoms with E-state index in [1.807, 2.05) is 6.07 Å². The Morgan fingerprint density at radius 1 is 1.47 bits per heavy atom. The number of aromatic nitrogens is 2. The molecule has 84 valence electrons. The van der Waals surface area contributed by atoms with Gasteiger partial charge in [-0.15, -0.1) is 0 Å². The number of aromatic amines is 1. The summed E-state index contributed by atoms with van der Waals surface area (Å²) in [6.07, 6.45) is 4.76. The maximum absolute atomic E-state index is 10.9. The zero-order valence-corrected chi connectivity index (χ0v) is 8.54. The highest BCUT2D eigenvalue weighted by Gasteiger charge is 2.15. The third-order valence-corrected chi connectivity index (χ3v) is 2.35. The molecule has 17 heavy (non-hydrogen) atoms. The lowest BCUT2D eigenvalue weighted by atomic mass is 10.1. The number of nitrogens with one attached hydrogen (secondary N) is 1. The second kappa shape index (κ2) is 3.44. The molecule has 1 aliphatic heterocycles. The molecule has 1 aliphatic rings. The molecular formula is C11H7N3O3. The van der Waals surface area contributed by atoms with Crippen molar-refractivity contribution < 1.29 is 9.52 Å². The van der Waals surface area contributed by atoms with Crippen LogP contribution >= 0.6 is 0 Å². The van der Waals surface area contributed by atoms with E-state index in [2.05, 4.69) is 15.0 Å². The van der Waals surface area contributed by atoms with E-state index in [4.69, 9.17) is 4.42 Å². The van der Waals surface area contributed by atoms with Gasteiger partial charge in [-0.3, -0.25) is 15.0 Å². The molecule has 0 aromatic carbocycles. The van der Waals surface area contributed by atoms with Crippen LogP contribution in [0.1, 0.15) is 11.5 Å². The molecular weight excluding hydrogens is 222 g/mol. The zero-order chi connectivity index (χ0) is 11.8. The second-order valence-corrected chi connectivity index (χ2v) is 3.46. The Kier molecular flexibility index (Phi) is 1.94. The van der Waals surface area contributed by atoms with Crippen molar-refractivity contribution in [2.45, 2.75) is 0 Å². The number of oxazole rings is 1. The van der Waals surface area contributed by atoms with Gasteiger partial charge in [-0.25, -0.2) is 4.79 Å². The molecule has 0 unspecified atom stereocenters. The normalized spacial score (nSPS) is 15.4. The molecule has 2 aromatic heterocycles. The molecule has 2 N–H and O–H groups in total. The van der Waals surface area contributed by atoms with Gasteiger partial charge in [0.25, 0.3) is 0 Å². The van der Waals surface area contributed by atoms with Gasteiger partial charge in [-0.2, -0.15) is 0 Å². The summed E-state index contributed by atoms with van der Waals surface area (Å²) in [5, 5.41) is 9.38. The fraction of sp³-hybridized carbons (Fsp3) is 0. The van der Waals surface area contributed by atoms with Crippen molar-refractivity contribution in [3.05, 3.63) is 40.3 Å². The first-order chi connectivity index (χ1) is 8.24. The number of nitrogens with zero attached hydrogens (tertiary/aromatic N) is 2. The highest BCUT2D eigenvalue weighted by atomic mass is 16.4. The summed E-state index contributed by atoms with van der Waals surface area (Å²) in [5.41, 5.74) is 2.12. The second-order valence-electron chi connectivity index (χ2n) is 3.46. The molecule has 0 aliphatic carbocycles. The number of H-pyrrole nitrogens is 1. The summed E-state index contributed by atoms with van der Waals surface area (Å²) in [6.45, 7) is 0. The fourth-order valence-electron chi connectivity index (χ4n) is 1.60. The van der Waals surface area contributed by atoms with Crippen LogP contribution in [0, 0.1) is 0 Å². The molecule has 0 amide bonds. The summed E-state index contributed by atoms with van der Waals surface area (Å²) in [4.78, 5) is 21.3. The maximum Gasteiger partial charge on any atom is 0.419 e. The molecule has 0 fully saturated rings. The van der Waals surface area contributed by atoms with E-state index in [0.717, 1.165) is 5.69 Å². The molecule has 0 radical (unpaired) electrons. The van der Waals surface area contributed by atoms with E-state index >= 15 is 0 Å². The lowest BCUT2D eigenvalue weighted by Crippen LogP contribution is -1.92. The van der Waals surface area contributed by atoms with E-state index in [1.165, 1.54) is 6.08 Å². The number of aliphatic imine (C=N–C) groups is 1. The van der Waals surface area contributed by atoms with Crippen LogP contribution in [-0.2, 0) is 0 Å². The maximum atomic E-state index is 10.9. The monoisotopic (exact) mass is 229 g/mol. The minimum atomic E-state index is -0.703. The van der Waals surface area contributed by atoms with Crippen molar-refractivity contribution in [1.29, 1.82) is 0 Å². The molecule has 0 saturated carbocycles. The van der Waals surface area contributed by atoms with Gasteiger partial charge in [0.15, 0.2) is 5.76 Å². The molecule has 0 spiro atoms. The lowest BCUT2D eigenvalue weighted by molar-refractivity contribution is 0.443. The van der Waals surface area contributed by atoms with Gasteiger partial charge in [0.2, 0.25) is 5.88 Å². The Bertz CT molecular complexity index is 694. The van der Waals surface area contributed by atoms with E-state index in [9.17, 15) is 9.90 Å². The summed E-state index contributed by atoms with van der Waals surface area (Å²) in [5.74, 6) is -0.944. The minimum Gasteiger partial charge on any atom is -0.492 e. The number of allylic oxidation sites excluding steroid dienone is 1. The summed E-state index contributed by atoms with van der Waals surface area (Å²) in [7, 11) is 0. The van der Waals surface area contributed by atoms with Crippen molar-refractivity contribution in [2.24, 2.45) is 4.99 Å². The predicted molar refractivity (Wildman–Crippen MR) is 61.3 cm³/mol. The number of rotatable bonds is 1. The Morgan fingerprint density at radius 2 is 2.35 bits per heavy atom. The third-order valence-electron chi connectivity index (χ3n) is 2.35. The Balaban J connectivity index is 2.11. The molecule has 3 heterocycles. The van der Waals surface area contributed by atoms with Crippen molar-refractivity contribution in [2.75, 3.05) is 0 Å². The zero-order valence-electron chi connectivity index (χ0n) is 8.54. The quantitative estimate of drug-likeness (QED) is 0.771. The molecule has 0 bridgehead atoms. The van der Waals surface area contributed by atoms with Gasteiger partial charge in [0.1, 0.15) is 0 Å². The van der Waals surface area contributed by atoms with E-state index in [1.54, 1.807) is 18.5 Å². The van der Waals surface area contributed by atoms with Crippen LogP contribution in [-0.4, -0.2) is 21.3 Å². The Labute approximate surface area is 95.0 Å². The smallest absolute Gasteiger partial charge is 0.419 e. The SMILES string of the molecule is O=c1[nH]c(O)c(C=C2C=Nc3cccnc32)o1. The number of fused-ring (bicyclic) bond motifs is 1. The Morgan fingerprint density at radius 3 is 3.12 bits per heavy atom. The van der Waals surface area contributed by atoms with E-state index in [-0.39, 0.29) is 11.6 Å². The topological polar surface area (TPSA) is 91.5 Å². The average molecular weight is 229 g/mol. The van der Waals surface area contributed by atoms with Gasteiger partial charge in [-0.1, -0.05) is 0 Å². The van der Waals surface area contributed by atoms with E-state index in [0.29, 0.717) is 11.3 Å². The van der Waals surface area contributed by atoms with Crippen molar-refractivity contribution in [1.82, 2.24) is 9.97 Å². The van der Waals surface area contributed by atoms with Crippen molar-refractivity contribution in [3.8, 4) is 5.88 Å². The van der Waals surface area contributed by atoms with Crippen LogP contribution in [0.15, 0.2) is 32.5 Å². The van der Waals surface area contributed by atoms with Gasteiger partial charge in [0, 0.05) is 18.0 Å². The molecule has 6 nitrogen and oxygen atoms in total. The average Bonchev–Trinajstić information content (AvgIpc) is 2.85. The number of hydrogen-bond donors (Lipinski definition) is 2. The standard InChI is InChI=1S/C11H7N3O3/c15-10-8(17-11(16)14-10)4-6-5-13-7-2-1-3-12-9(6)7/h1-5,15H,(H,14,16). The highest BCUT2D eigenvalue weighted by Crippen LogP contribution is 2.30. The van der Waals surface area contributed by atoms with Crippen LogP contribution in [0.3, 0.4) is 0 Å². The van der Waals surface area contributed by atoms with Gasteiger partial charge in [0.05, 0.1) is 11.4 Å². The molecule has 6 heteroatoms. The predicted octanol–water partition coefficient (Wildman–Crippen LogP) is 1.32. The first-order valence-electron chi connectivity index (χ1n) is 4.87. The highest BCUT2D eigenvalue weighted by molar-refractivity contribution is 6.20. The van der Waals surface area contributed by atoms with Gasteiger partial charge >= 0.3 is 5.76 Å².